The molecule has 2 aromatic rings. The Labute approximate surface area is 169 Å². The van der Waals surface area contributed by atoms with E-state index < -0.39 is 0 Å². The van der Waals surface area contributed by atoms with Gasteiger partial charge in [0.05, 0.1) is 11.1 Å². The molecule has 3 heterocycles. The van der Waals surface area contributed by atoms with E-state index in [0.717, 1.165) is 30.8 Å². The first kappa shape index (κ1) is 19.3. The fourth-order valence-electron chi connectivity index (χ4n) is 3.88. The Morgan fingerprint density at radius 1 is 1.03 bits per heavy atom. The molecule has 0 spiro atoms. The van der Waals surface area contributed by atoms with Gasteiger partial charge in [0, 0.05) is 58.1 Å². The second-order valence-corrected chi connectivity index (χ2v) is 7.58. The fourth-order valence-corrected chi connectivity index (χ4v) is 3.88. The average molecular weight is 392 g/mol. The van der Waals surface area contributed by atoms with Gasteiger partial charge in [-0.3, -0.25) is 29.2 Å². The number of imide groups is 1. The molecule has 4 rings (SSSR count). The van der Waals surface area contributed by atoms with Crippen LogP contribution in [0.25, 0.3) is 0 Å². The fraction of sp³-hybridized carbons (Fsp3) is 0.364. The molecule has 0 bridgehead atoms. The zero-order chi connectivity index (χ0) is 20.4. The van der Waals surface area contributed by atoms with Crippen molar-refractivity contribution in [3.63, 3.8) is 0 Å². The molecule has 3 amide bonds. The molecule has 2 aliphatic rings. The molecule has 7 nitrogen and oxygen atoms in total. The van der Waals surface area contributed by atoms with E-state index in [1.807, 2.05) is 36.2 Å². The van der Waals surface area contributed by atoms with Crippen LogP contribution >= 0.6 is 0 Å². The Kier molecular flexibility index (Phi) is 5.40. The minimum atomic E-state index is -0.306. The molecule has 29 heavy (non-hydrogen) atoms. The minimum Gasteiger partial charge on any atom is -0.340 e. The molecule has 1 aromatic carbocycles. The number of aromatic nitrogens is 1. The van der Waals surface area contributed by atoms with E-state index in [9.17, 15) is 14.4 Å². The molecule has 1 saturated heterocycles. The highest BCUT2D eigenvalue weighted by atomic mass is 16.2. The molecule has 7 heteroatoms. The molecule has 1 fully saturated rings. The molecule has 0 N–H and O–H groups in total. The lowest BCUT2D eigenvalue weighted by molar-refractivity contribution is -0.133. The molecular formula is C22H24N4O3. The van der Waals surface area contributed by atoms with Crippen molar-refractivity contribution in [1.29, 1.82) is 0 Å². The number of benzene rings is 1. The van der Waals surface area contributed by atoms with Gasteiger partial charge in [0.2, 0.25) is 5.91 Å². The van der Waals surface area contributed by atoms with Gasteiger partial charge in [-0.15, -0.1) is 0 Å². The second kappa shape index (κ2) is 8.13. The van der Waals surface area contributed by atoms with E-state index in [2.05, 4.69) is 9.88 Å². The minimum absolute atomic E-state index is 0.0150. The first-order valence-corrected chi connectivity index (χ1v) is 9.89. The molecule has 0 atom stereocenters. The van der Waals surface area contributed by atoms with E-state index >= 15 is 0 Å². The van der Waals surface area contributed by atoms with E-state index in [4.69, 9.17) is 0 Å². The van der Waals surface area contributed by atoms with Gasteiger partial charge < -0.3 is 4.90 Å². The lowest BCUT2D eigenvalue weighted by atomic mass is 10.1. The molecule has 0 radical (unpaired) electrons. The molecule has 0 unspecified atom stereocenters. The molecule has 0 saturated carbocycles. The van der Waals surface area contributed by atoms with Gasteiger partial charge in [0.1, 0.15) is 0 Å². The maximum absolute atomic E-state index is 12.6. The summed E-state index contributed by atoms with van der Waals surface area (Å²) in [5.74, 6) is -0.624. The Bertz CT molecular complexity index is 936. The summed E-state index contributed by atoms with van der Waals surface area (Å²) in [6.07, 6.45) is 3.78. The Morgan fingerprint density at radius 2 is 1.79 bits per heavy atom. The zero-order valence-corrected chi connectivity index (χ0v) is 16.5. The normalized spacial score (nSPS) is 17.0. The molecular weight excluding hydrogens is 368 g/mol. The molecule has 2 aliphatic heterocycles. The standard InChI is InChI=1S/C22H24N4O3/c1-16-4-5-18-19(13-16)22(29)26(21(18)28)8-6-20(27)25-11-9-24(10-12-25)15-17-3-2-7-23-14-17/h2-5,7,13-14H,6,8-12,15H2,1H3. The zero-order valence-electron chi connectivity index (χ0n) is 16.5. The number of nitrogens with zero attached hydrogens (tertiary/aromatic N) is 4. The van der Waals surface area contributed by atoms with Gasteiger partial charge in [-0.1, -0.05) is 17.7 Å². The van der Waals surface area contributed by atoms with E-state index in [-0.39, 0.29) is 30.7 Å². The molecule has 0 aliphatic carbocycles. The van der Waals surface area contributed by atoms with Crippen LogP contribution < -0.4 is 0 Å². The summed E-state index contributed by atoms with van der Waals surface area (Å²) in [6.45, 7) is 5.74. The average Bonchev–Trinajstić information content (AvgIpc) is 2.97. The third-order valence-electron chi connectivity index (χ3n) is 5.53. The Hall–Kier alpha value is -3.06. The van der Waals surface area contributed by atoms with Gasteiger partial charge in [0.25, 0.3) is 11.8 Å². The van der Waals surface area contributed by atoms with Gasteiger partial charge in [-0.25, -0.2) is 0 Å². The first-order valence-electron chi connectivity index (χ1n) is 9.89. The lowest BCUT2D eigenvalue weighted by Gasteiger charge is -2.35. The summed E-state index contributed by atoms with van der Waals surface area (Å²) >= 11 is 0. The van der Waals surface area contributed by atoms with Crippen LogP contribution in [0.15, 0.2) is 42.7 Å². The molecule has 150 valence electrons. The molecule has 1 aromatic heterocycles. The van der Waals surface area contributed by atoms with E-state index in [0.29, 0.717) is 24.2 Å². The number of fused-ring (bicyclic) bond motifs is 1. The van der Waals surface area contributed by atoms with Crippen molar-refractivity contribution in [3.8, 4) is 0 Å². The van der Waals surface area contributed by atoms with Crippen LogP contribution in [0.5, 0.6) is 0 Å². The number of hydrogen-bond acceptors (Lipinski definition) is 5. The number of pyridine rings is 1. The van der Waals surface area contributed by atoms with Gasteiger partial charge >= 0.3 is 0 Å². The maximum atomic E-state index is 12.6. The third-order valence-corrected chi connectivity index (χ3v) is 5.53. The van der Waals surface area contributed by atoms with E-state index in [1.165, 1.54) is 4.90 Å². The highest BCUT2D eigenvalue weighted by molar-refractivity contribution is 6.21. The smallest absolute Gasteiger partial charge is 0.261 e. The number of piperazine rings is 1. The predicted molar refractivity (Wildman–Crippen MR) is 107 cm³/mol. The summed E-state index contributed by atoms with van der Waals surface area (Å²) < 4.78 is 0. The number of amides is 3. The number of aryl methyl sites for hydroxylation is 1. The summed E-state index contributed by atoms with van der Waals surface area (Å²) in [7, 11) is 0. The topological polar surface area (TPSA) is 73.8 Å². The van der Waals surface area contributed by atoms with Crippen molar-refractivity contribution in [3.05, 3.63) is 65.0 Å². The third kappa shape index (κ3) is 4.05. The highest BCUT2D eigenvalue weighted by Gasteiger charge is 2.35. The van der Waals surface area contributed by atoms with Crippen molar-refractivity contribution in [2.75, 3.05) is 32.7 Å². The summed E-state index contributed by atoms with van der Waals surface area (Å²) in [5, 5.41) is 0. The van der Waals surface area contributed by atoms with Crippen molar-refractivity contribution in [2.45, 2.75) is 19.9 Å². The number of hydrogen-bond donors (Lipinski definition) is 0. The van der Waals surface area contributed by atoms with Crippen molar-refractivity contribution >= 4 is 17.7 Å². The van der Waals surface area contributed by atoms with Crippen LogP contribution in [0.2, 0.25) is 0 Å². The quantitative estimate of drug-likeness (QED) is 0.725. The van der Waals surface area contributed by atoms with Crippen molar-refractivity contribution < 1.29 is 14.4 Å². The van der Waals surface area contributed by atoms with Crippen LogP contribution in [-0.2, 0) is 11.3 Å². The van der Waals surface area contributed by atoms with Crippen LogP contribution in [-0.4, -0.2) is 70.1 Å². The Balaban J connectivity index is 1.28. The Morgan fingerprint density at radius 3 is 2.52 bits per heavy atom. The largest absolute Gasteiger partial charge is 0.340 e. The highest BCUT2D eigenvalue weighted by Crippen LogP contribution is 2.24. The van der Waals surface area contributed by atoms with E-state index in [1.54, 1.807) is 18.3 Å². The van der Waals surface area contributed by atoms with Crippen LogP contribution in [0.3, 0.4) is 0 Å². The second-order valence-electron chi connectivity index (χ2n) is 7.58. The van der Waals surface area contributed by atoms with Gasteiger partial charge in [0.15, 0.2) is 0 Å². The monoisotopic (exact) mass is 392 g/mol. The summed E-state index contributed by atoms with van der Waals surface area (Å²) in [4.78, 5) is 47.1. The van der Waals surface area contributed by atoms with Crippen molar-refractivity contribution in [1.82, 2.24) is 19.7 Å². The predicted octanol–water partition coefficient (Wildman–Crippen LogP) is 1.72. The maximum Gasteiger partial charge on any atom is 0.261 e. The van der Waals surface area contributed by atoms with Gasteiger partial charge in [-0.2, -0.15) is 0 Å². The van der Waals surface area contributed by atoms with Gasteiger partial charge in [-0.05, 0) is 30.7 Å². The summed E-state index contributed by atoms with van der Waals surface area (Å²) in [5.41, 5.74) is 2.96. The number of carbonyl (C=O) groups excluding carboxylic acids is 3. The van der Waals surface area contributed by atoms with Crippen LogP contribution in [0.1, 0.15) is 38.3 Å². The number of rotatable bonds is 5. The van der Waals surface area contributed by atoms with Crippen LogP contribution in [0.4, 0.5) is 0 Å². The summed E-state index contributed by atoms with van der Waals surface area (Å²) in [6, 6.07) is 9.22. The SMILES string of the molecule is Cc1ccc2c(c1)C(=O)N(CCC(=O)N1CCN(Cc3cccnc3)CC1)C2=O. The lowest BCUT2D eigenvalue weighted by Crippen LogP contribution is -2.49. The number of carbonyl (C=O) groups is 3. The van der Waals surface area contributed by atoms with Crippen molar-refractivity contribution in [2.24, 2.45) is 0 Å². The van der Waals surface area contributed by atoms with Crippen LogP contribution in [0, 0.1) is 6.92 Å². The first-order chi connectivity index (χ1) is 14.0.